The van der Waals surface area contributed by atoms with Crippen molar-refractivity contribution in [2.24, 2.45) is 5.92 Å². The van der Waals surface area contributed by atoms with Gasteiger partial charge in [0.05, 0.1) is 5.60 Å². The molecule has 1 fully saturated rings. The SMILES string of the molecule is CC(C)(O)CN1CCC(CN(Cc2ccccc2)Cc2ccccc2)CC1. The van der Waals surface area contributed by atoms with E-state index in [4.69, 9.17) is 0 Å². The maximum Gasteiger partial charge on any atom is 0.0718 e. The molecule has 0 bridgehead atoms. The number of hydrogen-bond donors (Lipinski definition) is 1. The second-order valence-electron chi connectivity index (χ2n) is 8.67. The highest BCUT2D eigenvalue weighted by Gasteiger charge is 2.25. The van der Waals surface area contributed by atoms with Crippen molar-refractivity contribution < 1.29 is 5.11 Å². The molecule has 1 aliphatic rings. The van der Waals surface area contributed by atoms with E-state index in [1.165, 1.54) is 24.0 Å². The summed E-state index contributed by atoms with van der Waals surface area (Å²) in [5, 5.41) is 10.1. The number of β-amino-alcohol motifs (C(OH)–C–C–N with tert-alkyl or cyclic N) is 1. The van der Waals surface area contributed by atoms with Gasteiger partial charge in [-0.25, -0.2) is 0 Å². The first-order valence-corrected chi connectivity index (χ1v) is 10.2. The van der Waals surface area contributed by atoms with E-state index < -0.39 is 5.60 Å². The van der Waals surface area contributed by atoms with E-state index in [0.717, 1.165) is 45.2 Å². The molecule has 3 nitrogen and oxygen atoms in total. The quantitative estimate of drug-likeness (QED) is 0.759. The van der Waals surface area contributed by atoms with E-state index in [9.17, 15) is 5.11 Å². The normalized spacial score (nSPS) is 16.7. The van der Waals surface area contributed by atoms with Gasteiger partial charge in [0.2, 0.25) is 0 Å². The number of benzene rings is 2. The van der Waals surface area contributed by atoms with E-state index >= 15 is 0 Å². The fraction of sp³-hybridized carbons (Fsp3) is 0.500. The molecular weight excluding hydrogens is 332 g/mol. The zero-order chi connectivity index (χ0) is 19.1. The first kappa shape index (κ1) is 20.1. The van der Waals surface area contributed by atoms with Crippen LogP contribution in [0.2, 0.25) is 0 Å². The predicted molar refractivity (Wildman–Crippen MR) is 112 cm³/mol. The van der Waals surface area contributed by atoms with Crippen LogP contribution < -0.4 is 0 Å². The van der Waals surface area contributed by atoms with E-state index in [1.807, 2.05) is 13.8 Å². The van der Waals surface area contributed by atoms with Gasteiger partial charge in [-0.3, -0.25) is 4.90 Å². The molecule has 1 heterocycles. The molecule has 0 aliphatic carbocycles. The van der Waals surface area contributed by atoms with Crippen LogP contribution in [-0.4, -0.2) is 46.7 Å². The van der Waals surface area contributed by atoms with Gasteiger partial charge in [0.15, 0.2) is 0 Å². The van der Waals surface area contributed by atoms with Crippen LogP contribution in [0.4, 0.5) is 0 Å². The number of rotatable bonds is 8. The zero-order valence-electron chi connectivity index (χ0n) is 16.8. The average molecular weight is 367 g/mol. The van der Waals surface area contributed by atoms with Crippen molar-refractivity contribution in [3.8, 4) is 0 Å². The van der Waals surface area contributed by atoms with Crippen LogP contribution in [-0.2, 0) is 13.1 Å². The van der Waals surface area contributed by atoms with Crippen molar-refractivity contribution in [1.29, 1.82) is 0 Å². The van der Waals surface area contributed by atoms with Crippen LogP contribution >= 0.6 is 0 Å². The maximum atomic E-state index is 10.1. The van der Waals surface area contributed by atoms with Crippen LogP contribution in [0.25, 0.3) is 0 Å². The molecule has 3 heteroatoms. The summed E-state index contributed by atoms with van der Waals surface area (Å²) < 4.78 is 0. The lowest BCUT2D eigenvalue weighted by Crippen LogP contribution is -2.44. The summed E-state index contributed by atoms with van der Waals surface area (Å²) in [6, 6.07) is 21.6. The maximum absolute atomic E-state index is 10.1. The van der Waals surface area contributed by atoms with Gasteiger partial charge >= 0.3 is 0 Å². The molecule has 0 aromatic heterocycles. The average Bonchev–Trinajstić information content (AvgIpc) is 2.64. The van der Waals surface area contributed by atoms with Gasteiger partial charge in [0.25, 0.3) is 0 Å². The highest BCUT2D eigenvalue weighted by Crippen LogP contribution is 2.22. The lowest BCUT2D eigenvalue weighted by Gasteiger charge is -2.37. The molecule has 2 aromatic carbocycles. The van der Waals surface area contributed by atoms with Gasteiger partial charge in [-0.2, -0.15) is 0 Å². The Morgan fingerprint density at radius 1 is 0.889 bits per heavy atom. The van der Waals surface area contributed by atoms with Crippen LogP contribution in [0.3, 0.4) is 0 Å². The molecule has 27 heavy (non-hydrogen) atoms. The molecule has 0 radical (unpaired) electrons. The molecule has 1 aliphatic heterocycles. The second kappa shape index (κ2) is 9.50. The number of piperidine rings is 1. The van der Waals surface area contributed by atoms with Crippen molar-refractivity contribution in [1.82, 2.24) is 9.80 Å². The van der Waals surface area contributed by atoms with Crippen molar-refractivity contribution in [3.63, 3.8) is 0 Å². The van der Waals surface area contributed by atoms with Gasteiger partial charge in [-0.1, -0.05) is 60.7 Å². The van der Waals surface area contributed by atoms with E-state index in [0.29, 0.717) is 0 Å². The van der Waals surface area contributed by atoms with Crippen LogP contribution in [0, 0.1) is 5.92 Å². The third-order valence-electron chi connectivity index (χ3n) is 5.33. The highest BCUT2D eigenvalue weighted by atomic mass is 16.3. The Bertz CT molecular complexity index is 616. The molecule has 3 rings (SSSR count). The Morgan fingerprint density at radius 3 is 1.81 bits per heavy atom. The van der Waals surface area contributed by atoms with E-state index in [2.05, 4.69) is 70.5 Å². The summed E-state index contributed by atoms with van der Waals surface area (Å²) in [4.78, 5) is 5.01. The lowest BCUT2D eigenvalue weighted by molar-refractivity contribution is 0.0213. The summed E-state index contributed by atoms with van der Waals surface area (Å²) in [5.74, 6) is 0.732. The Balaban J connectivity index is 1.58. The molecule has 1 N–H and O–H groups in total. The summed E-state index contributed by atoms with van der Waals surface area (Å²) in [6.45, 7) is 9.91. The minimum Gasteiger partial charge on any atom is -0.389 e. The Morgan fingerprint density at radius 2 is 1.37 bits per heavy atom. The van der Waals surface area contributed by atoms with Crippen molar-refractivity contribution in [2.75, 3.05) is 26.2 Å². The molecule has 2 aromatic rings. The Kier molecular flexibility index (Phi) is 7.06. The van der Waals surface area contributed by atoms with E-state index in [1.54, 1.807) is 0 Å². The first-order valence-electron chi connectivity index (χ1n) is 10.2. The minimum atomic E-state index is -0.598. The Hall–Kier alpha value is -1.68. The molecule has 0 unspecified atom stereocenters. The molecule has 0 saturated carbocycles. The Labute approximate surface area is 164 Å². The highest BCUT2D eigenvalue weighted by molar-refractivity contribution is 5.17. The van der Waals surface area contributed by atoms with Crippen molar-refractivity contribution in [3.05, 3.63) is 71.8 Å². The lowest BCUT2D eigenvalue weighted by atomic mass is 9.94. The fourth-order valence-corrected chi connectivity index (χ4v) is 4.11. The van der Waals surface area contributed by atoms with Crippen LogP contribution in [0.15, 0.2) is 60.7 Å². The predicted octanol–water partition coefficient (Wildman–Crippen LogP) is 4.17. The fourth-order valence-electron chi connectivity index (χ4n) is 4.11. The van der Waals surface area contributed by atoms with Crippen molar-refractivity contribution in [2.45, 2.75) is 45.4 Å². The van der Waals surface area contributed by atoms with Gasteiger partial charge < -0.3 is 10.0 Å². The summed E-state index contributed by atoms with van der Waals surface area (Å²) in [5.41, 5.74) is 2.17. The largest absolute Gasteiger partial charge is 0.389 e. The second-order valence-corrected chi connectivity index (χ2v) is 8.67. The van der Waals surface area contributed by atoms with Crippen LogP contribution in [0.1, 0.15) is 37.8 Å². The molecule has 1 saturated heterocycles. The summed E-state index contributed by atoms with van der Waals surface area (Å²) >= 11 is 0. The third kappa shape index (κ3) is 7.10. The number of nitrogens with zero attached hydrogens (tertiary/aromatic N) is 2. The molecule has 0 atom stereocenters. The summed E-state index contributed by atoms with van der Waals surface area (Å²) in [6.07, 6.45) is 2.44. The van der Waals surface area contributed by atoms with Crippen molar-refractivity contribution >= 4 is 0 Å². The number of hydrogen-bond acceptors (Lipinski definition) is 3. The van der Waals surface area contributed by atoms with Gasteiger partial charge in [-0.15, -0.1) is 0 Å². The molecule has 0 spiro atoms. The summed E-state index contributed by atoms with van der Waals surface area (Å²) in [7, 11) is 0. The van der Waals surface area contributed by atoms with Gasteiger partial charge in [0, 0.05) is 26.2 Å². The van der Waals surface area contributed by atoms with Crippen LogP contribution in [0.5, 0.6) is 0 Å². The minimum absolute atomic E-state index is 0.598. The first-order chi connectivity index (χ1) is 13.0. The van der Waals surface area contributed by atoms with Gasteiger partial charge in [0.1, 0.15) is 0 Å². The smallest absolute Gasteiger partial charge is 0.0718 e. The number of likely N-dealkylation sites (tertiary alicyclic amines) is 1. The third-order valence-corrected chi connectivity index (χ3v) is 5.33. The van der Waals surface area contributed by atoms with Gasteiger partial charge in [-0.05, 0) is 56.8 Å². The zero-order valence-corrected chi connectivity index (χ0v) is 16.8. The van der Waals surface area contributed by atoms with E-state index in [-0.39, 0.29) is 0 Å². The molecule has 0 amide bonds. The monoisotopic (exact) mass is 366 g/mol. The number of aliphatic hydroxyl groups is 1. The topological polar surface area (TPSA) is 26.7 Å². The standard InChI is InChI=1S/C24H34N2O/c1-24(2,27)20-25-15-13-23(14-16-25)19-26(17-21-9-5-3-6-10-21)18-22-11-7-4-8-12-22/h3-12,23,27H,13-20H2,1-2H3. The molecular formula is C24H34N2O. The molecule has 146 valence electrons.